The Balaban J connectivity index is 1.94. The van der Waals surface area contributed by atoms with Crippen molar-refractivity contribution in [3.05, 3.63) is 28.8 Å². The highest BCUT2D eigenvalue weighted by molar-refractivity contribution is 6.34. The maximum Gasteiger partial charge on any atom is 0.254 e. The predicted octanol–water partition coefficient (Wildman–Crippen LogP) is 2.12. The fraction of sp³-hybridized carbons (Fsp3) is 0.467. The van der Waals surface area contributed by atoms with E-state index in [9.17, 15) is 9.59 Å². The lowest BCUT2D eigenvalue weighted by Gasteiger charge is -2.13. The minimum Gasteiger partial charge on any atom is -0.345 e. The van der Waals surface area contributed by atoms with Crippen molar-refractivity contribution < 1.29 is 9.59 Å². The molecule has 5 nitrogen and oxygen atoms in total. The molecule has 1 saturated carbocycles. The molecule has 114 valence electrons. The van der Waals surface area contributed by atoms with E-state index in [2.05, 4.69) is 10.6 Å². The Morgan fingerprint density at radius 2 is 2.05 bits per heavy atom. The summed E-state index contributed by atoms with van der Waals surface area (Å²) < 4.78 is 0. The normalized spacial score (nSPS) is 13.9. The van der Waals surface area contributed by atoms with Crippen LogP contribution in [-0.4, -0.2) is 43.4 Å². The van der Waals surface area contributed by atoms with E-state index >= 15 is 0 Å². The summed E-state index contributed by atoms with van der Waals surface area (Å²) in [6.07, 6.45) is 2.82. The number of anilines is 1. The number of rotatable bonds is 6. The Morgan fingerprint density at radius 1 is 1.33 bits per heavy atom. The van der Waals surface area contributed by atoms with E-state index in [0.29, 0.717) is 35.3 Å². The van der Waals surface area contributed by atoms with Gasteiger partial charge in [0.15, 0.2) is 0 Å². The molecule has 1 aliphatic carbocycles. The van der Waals surface area contributed by atoms with Crippen LogP contribution in [0.4, 0.5) is 5.69 Å². The monoisotopic (exact) mass is 309 g/mol. The van der Waals surface area contributed by atoms with Crippen molar-refractivity contribution in [2.75, 3.05) is 26.0 Å². The van der Waals surface area contributed by atoms with Gasteiger partial charge in [-0.3, -0.25) is 9.59 Å². The highest BCUT2D eigenvalue weighted by Gasteiger charge is 2.20. The fourth-order valence-corrected chi connectivity index (χ4v) is 2.11. The topological polar surface area (TPSA) is 61.4 Å². The number of nitrogens with zero attached hydrogens (tertiary/aromatic N) is 1. The van der Waals surface area contributed by atoms with E-state index < -0.39 is 0 Å². The summed E-state index contributed by atoms with van der Waals surface area (Å²) in [7, 11) is 3.32. The zero-order valence-electron chi connectivity index (χ0n) is 12.3. The van der Waals surface area contributed by atoms with Gasteiger partial charge in [-0.15, -0.1) is 0 Å². The van der Waals surface area contributed by atoms with Gasteiger partial charge < -0.3 is 15.5 Å². The molecule has 21 heavy (non-hydrogen) atoms. The summed E-state index contributed by atoms with van der Waals surface area (Å²) in [5, 5.41) is 6.45. The van der Waals surface area contributed by atoms with Gasteiger partial charge in [-0.05, 0) is 31.0 Å². The third-order valence-corrected chi connectivity index (χ3v) is 3.58. The van der Waals surface area contributed by atoms with E-state index in [-0.39, 0.29) is 11.8 Å². The molecule has 0 unspecified atom stereocenters. The second-order valence-electron chi connectivity index (χ2n) is 5.42. The molecule has 0 radical (unpaired) electrons. The van der Waals surface area contributed by atoms with E-state index in [4.69, 9.17) is 11.6 Å². The molecule has 2 rings (SSSR count). The third kappa shape index (κ3) is 4.72. The second-order valence-corrected chi connectivity index (χ2v) is 5.83. The molecule has 6 heteroatoms. The van der Waals surface area contributed by atoms with Gasteiger partial charge in [-0.25, -0.2) is 0 Å². The van der Waals surface area contributed by atoms with Crippen molar-refractivity contribution in [2.45, 2.75) is 25.3 Å². The van der Waals surface area contributed by atoms with Gasteiger partial charge in [0.1, 0.15) is 0 Å². The number of halogens is 1. The maximum atomic E-state index is 12.0. The fourth-order valence-electron chi connectivity index (χ4n) is 1.91. The van der Waals surface area contributed by atoms with Gasteiger partial charge in [0.2, 0.25) is 5.91 Å². The first kappa shape index (κ1) is 15.8. The van der Waals surface area contributed by atoms with Crippen molar-refractivity contribution in [3.63, 3.8) is 0 Å². The number of benzene rings is 1. The lowest BCUT2D eigenvalue weighted by atomic mass is 10.1. The van der Waals surface area contributed by atoms with Crippen LogP contribution in [0.3, 0.4) is 0 Å². The molecule has 1 aliphatic rings. The predicted molar refractivity (Wildman–Crippen MR) is 83.7 cm³/mol. The smallest absolute Gasteiger partial charge is 0.254 e. The van der Waals surface area contributed by atoms with Crippen molar-refractivity contribution in [2.24, 2.45) is 0 Å². The quantitative estimate of drug-likeness (QED) is 0.846. The summed E-state index contributed by atoms with van der Waals surface area (Å²) in [6, 6.07) is 5.52. The van der Waals surface area contributed by atoms with E-state index in [1.165, 1.54) is 17.7 Å². The Bertz CT molecular complexity index is 542. The third-order valence-electron chi connectivity index (χ3n) is 3.25. The lowest BCUT2D eigenvalue weighted by Crippen LogP contribution is -2.24. The van der Waals surface area contributed by atoms with Crippen LogP contribution in [0.25, 0.3) is 0 Å². The first-order valence-corrected chi connectivity index (χ1v) is 7.39. The summed E-state index contributed by atoms with van der Waals surface area (Å²) in [5.41, 5.74) is 0.969. The van der Waals surface area contributed by atoms with Crippen LogP contribution >= 0.6 is 11.6 Å². The summed E-state index contributed by atoms with van der Waals surface area (Å²) in [5.74, 6) is -0.264. The largest absolute Gasteiger partial charge is 0.345 e. The Morgan fingerprint density at radius 3 is 2.67 bits per heavy atom. The van der Waals surface area contributed by atoms with Gasteiger partial charge in [0.05, 0.1) is 10.6 Å². The Kier molecular flexibility index (Phi) is 5.20. The summed E-state index contributed by atoms with van der Waals surface area (Å²) in [4.78, 5) is 25.3. The highest BCUT2D eigenvalue weighted by atomic mass is 35.5. The number of amides is 2. The minimum absolute atomic E-state index is 0.0753. The molecule has 0 aliphatic heterocycles. The molecule has 0 spiro atoms. The van der Waals surface area contributed by atoms with Crippen molar-refractivity contribution in [1.82, 2.24) is 10.2 Å². The average molecular weight is 310 g/mol. The molecule has 1 fully saturated rings. The zero-order valence-corrected chi connectivity index (χ0v) is 13.0. The number of nitrogens with one attached hydrogen (secondary N) is 2. The van der Waals surface area contributed by atoms with Crippen LogP contribution in [0.15, 0.2) is 18.2 Å². The van der Waals surface area contributed by atoms with Crippen molar-refractivity contribution in [1.29, 1.82) is 0 Å². The van der Waals surface area contributed by atoms with Crippen molar-refractivity contribution in [3.8, 4) is 0 Å². The SMILES string of the molecule is CN(C)C(=O)c1cc(NC(=O)CCNC2CC2)ccc1Cl. The van der Waals surface area contributed by atoms with Gasteiger partial charge in [-0.2, -0.15) is 0 Å². The molecule has 2 N–H and O–H groups in total. The van der Waals surface area contributed by atoms with Gasteiger partial charge >= 0.3 is 0 Å². The molecule has 0 bridgehead atoms. The number of carbonyl (C=O) groups is 2. The second kappa shape index (κ2) is 6.91. The van der Waals surface area contributed by atoms with Gasteiger partial charge in [0, 0.05) is 38.8 Å². The first-order chi connectivity index (χ1) is 9.97. The molecule has 0 aromatic heterocycles. The molecule has 1 aromatic rings. The van der Waals surface area contributed by atoms with Crippen LogP contribution in [0.5, 0.6) is 0 Å². The molecular weight excluding hydrogens is 290 g/mol. The Hall–Kier alpha value is -1.59. The van der Waals surface area contributed by atoms with E-state index in [0.717, 1.165) is 0 Å². The van der Waals surface area contributed by atoms with E-state index in [1.54, 1.807) is 32.3 Å². The summed E-state index contributed by atoms with van der Waals surface area (Å²) in [6.45, 7) is 0.674. The van der Waals surface area contributed by atoms with Crippen molar-refractivity contribution >= 4 is 29.1 Å². The minimum atomic E-state index is -0.188. The van der Waals surface area contributed by atoms with Crippen LogP contribution in [0.1, 0.15) is 29.6 Å². The molecule has 0 atom stereocenters. The number of hydrogen-bond donors (Lipinski definition) is 2. The average Bonchev–Trinajstić information content (AvgIpc) is 3.24. The number of hydrogen-bond acceptors (Lipinski definition) is 3. The van der Waals surface area contributed by atoms with E-state index in [1.807, 2.05) is 0 Å². The molecule has 2 amide bonds. The standard InChI is InChI=1S/C15H20ClN3O2/c1-19(2)15(21)12-9-11(5-6-13(12)16)18-14(20)7-8-17-10-3-4-10/h5-6,9-10,17H,3-4,7-8H2,1-2H3,(H,18,20). The Labute approximate surface area is 129 Å². The van der Waals surface area contributed by atoms with Crippen LogP contribution in [-0.2, 0) is 4.79 Å². The maximum absolute atomic E-state index is 12.0. The molecule has 0 saturated heterocycles. The zero-order chi connectivity index (χ0) is 15.4. The lowest BCUT2D eigenvalue weighted by molar-refractivity contribution is -0.116. The van der Waals surface area contributed by atoms with Crippen LogP contribution < -0.4 is 10.6 Å². The molecule has 1 aromatic carbocycles. The molecular formula is C15H20ClN3O2. The van der Waals surface area contributed by atoms with Crippen LogP contribution in [0, 0.1) is 0 Å². The summed E-state index contributed by atoms with van der Waals surface area (Å²) >= 11 is 6.03. The number of carbonyl (C=O) groups excluding carboxylic acids is 2. The highest BCUT2D eigenvalue weighted by Crippen LogP contribution is 2.22. The van der Waals surface area contributed by atoms with Gasteiger partial charge in [-0.1, -0.05) is 11.6 Å². The van der Waals surface area contributed by atoms with Gasteiger partial charge in [0.25, 0.3) is 5.91 Å². The van der Waals surface area contributed by atoms with Crippen LogP contribution in [0.2, 0.25) is 5.02 Å². The molecule has 0 heterocycles. The first-order valence-electron chi connectivity index (χ1n) is 7.02.